The third-order valence-corrected chi connectivity index (χ3v) is 6.96. The lowest BCUT2D eigenvalue weighted by Gasteiger charge is -2.24. The first-order chi connectivity index (χ1) is 18.1. The number of ether oxygens (including phenoxy) is 1. The first kappa shape index (κ1) is 23.2. The summed E-state index contributed by atoms with van der Waals surface area (Å²) in [5.74, 6) is 1.05. The molecule has 186 valence electrons. The van der Waals surface area contributed by atoms with Crippen molar-refractivity contribution in [1.29, 1.82) is 0 Å². The molecule has 2 amide bonds. The second kappa shape index (κ2) is 10.0. The van der Waals surface area contributed by atoms with Crippen LogP contribution < -0.4 is 10.1 Å². The Labute approximate surface area is 215 Å². The van der Waals surface area contributed by atoms with Gasteiger partial charge in [0.1, 0.15) is 18.1 Å². The topological polar surface area (TPSA) is 84.4 Å². The van der Waals surface area contributed by atoms with Crippen molar-refractivity contribution >= 4 is 22.8 Å². The highest BCUT2D eigenvalue weighted by Gasteiger charge is 2.25. The average Bonchev–Trinajstić information content (AvgIpc) is 3.78. The molecule has 6 rings (SSSR count). The van der Waals surface area contributed by atoms with Gasteiger partial charge >= 0.3 is 0 Å². The van der Waals surface area contributed by atoms with Crippen LogP contribution in [-0.4, -0.2) is 52.9 Å². The van der Waals surface area contributed by atoms with Gasteiger partial charge in [-0.25, -0.2) is 4.98 Å². The number of hydrogen-bond acceptors (Lipinski definition) is 5. The first-order valence-corrected chi connectivity index (χ1v) is 12.8. The highest BCUT2D eigenvalue weighted by atomic mass is 16.5. The van der Waals surface area contributed by atoms with E-state index in [0.29, 0.717) is 49.7 Å². The maximum atomic E-state index is 13.4. The molecule has 4 aromatic rings. The SMILES string of the molecule is O=C1NCCN(C(=O)c2cnc3ccccc3n2)CCOc2ccc(C3CC3)cc2Cc2cccc1c2. The lowest BCUT2D eigenvalue weighted by atomic mass is 9.98. The number of fused-ring (bicyclic) bond motifs is 4. The number of hydrogen-bond donors (Lipinski definition) is 1. The summed E-state index contributed by atoms with van der Waals surface area (Å²) < 4.78 is 6.25. The number of carbonyl (C=O) groups is 2. The molecule has 2 aliphatic rings. The number of para-hydroxylation sites is 2. The zero-order chi connectivity index (χ0) is 25.2. The molecule has 1 aliphatic heterocycles. The molecule has 2 bridgehead atoms. The Morgan fingerprint density at radius 1 is 0.973 bits per heavy atom. The number of nitrogens with one attached hydrogen (secondary N) is 1. The molecule has 7 heteroatoms. The maximum absolute atomic E-state index is 13.4. The van der Waals surface area contributed by atoms with E-state index in [1.54, 1.807) is 4.90 Å². The van der Waals surface area contributed by atoms with Gasteiger partial charge in [0.15, 0.2) is 0 Å². The summed E-state index contributed by atoms with van der Waals surface area (Å²) in [6.07, 6.45) is 4.63. The van der Waals surface area contributed by atoms with Gasteiger partial charge in [0.05, 0.1) is 23.8 Å². The van der Waals surface area contributed by atoms with E-state index in [-0.39, 0.29) is 17.5 Å². The molecule has 0 spiro atoms. The fraction of sp³-hybridized carbons (Fsp3) is 0.267. The Kier molecular flexibility index (Phi) is 6.26. The van der Waals surface area contributed by atoms with Crippen LogP contribution in [0, 0.1) is 0 Å². The van der Waals surface area contributed by atoms with Crippen molar-refractivity contribution in [3.05, 3.63) is 101 Å². The standard InChI is InChI=1S/C30H28N4O3/c35-29-23-5-3-4-20(16-23)17-24-18-22(21-8-9-21)10-11-28(24)37-15-14-34(13-12-31-29)30(36)27-19-32-25-6-1-2-7-26(25)33-27/h1-7,10-11,16,18-19,21H,8-9,12-15,17H2,(H,31,35). The molecular weight excluding hydrogens is 464 g/mol. The summed E-state index contributed by atoms with van der Waals surface area (Å²) in [5.41, 5.74) is 5.78. The minimum atomic E-state index is -0.241. The smallest absolute Gasteiger partial charge is 0.274 e. The molecule has 1 saturated carbocycles. The van der Waals surface area contributed by atoms with Crippen molar-refractivity contribution in [3.63, 3.8) is 0 Å². The summed E-state index contributed by atoms with van der Waals surface area (Å²) in [4.78, 5) is 36.9. The van der Waals surface area contributed by atoms with Gasteiger partial charge in [-0.2, -0.15) is 0 Å². The minimum Gasteiger partial charge on any atom is -0.491 e. The van der Waals surface area contributed by atoms with Gasteiger partial charge in [-0.3, -0.25) is 14.6 Å². The second-order valence-electron chi connectivity index (χ2n) is 9.66. The van der Waals surface area contributed by atoms with E-state index in [4.69, 9.17) is 4.74 Å². The van der Waals surface area contributed by atoms with E-state index in [1.807, 2.05) is 54.6 Å². The number of rotatable bonds is 2. The van der Waals surface area contributed by atoms with Crippen LogP contribution in [0.1, 0.15) is 56.3 Å². The fourth-order valence-corrected chi connectivity index (χ4v) is 4.80. The Morgan fingerprint density at radius 3 is 2.70 bits per heavy atom. The van der Waals surface area contributed by atoms with Crippen LogP contribution >= 0.6 is 0 Å². The maximum Gasteiger partial charge on any atom is 0.274 e. The molecule has 7 nitrogen and oxygen atoms in total. The minimum absolute atomic E-state index is 0.153. The van der Waals surface area contributed by atoms with E-state index in [2.05, 4.69) is 27.4 Å². The van der Waals surface area contributed by atoms with Crippen molar-refractivity contribution in [1.82, 2.24) is 20.2 Å². The predicted octanol–water partition coefficient (Wildman–Crippen LogP) is 4.36. The summed E-state index contributed by atoms with van der Waals surface area (Å²) in [7, 11) is 0. The van der Waals surface area contributed by atoms with Gasteiger partial charge in [-0.15, -0.1) is 0 Å². The van der Waals surface area contributed by atoms with Crippen LogP contribution in [0.25, 0.3) is 11.0 Å². The van der Waals surface area contributed by atoms with Crippen LogP contribution in [0.15, 0.2) is 72.9 Å². The van der Waals surface area contributed by atoms with Crippen molar-refractivity contribution < 1.29 is 14.3 Å². The molecule has 1 aliphatic carbocycles. The normalized spacial score (nSPS) is 16.3. The zero-order valence-corrected chi connectivity index (χ0v) is 20.5. The van der Waals surface area contributed by atoms with Crippen molar-refractivity contribution in [2.24, 2.45) is 0 Å². The van der Waals surface area contributed by atoms with E-state index >= 15 is 0 Å². The van der Waals surface area contributed by atoms with E-state index < -0.39 is 0 Å². The quantitative estimate of drug-likeness (QED) is 0.449. The van der Waals surface area contributed by atoms with Crippen molar-refractivity contribution in [2.45, 2.75) is 25.2 Å². The first-order valence-electron chi connectivity index (χ1n) is 12.8. The van der Waals surface area contributed by atoms with Crippen LogP contribution in [0.2, 0.25) is 0 Å². The second-order valence-corrected chi connectivity index (χ2v) is 9.66. The van der Waals surface area contributed by atoms with Crippen molar-refractivity contribution in [3.8, 4) is 5.75 Å². The third-order valence-electron chi connectivity index (χ3n) is 6.96. The third kappa shape index (κ3) is 5.16. The van der Waals surface area contributed by atoms with Crippen molar-refractivity contribution in [2.75, 3.05) is 26.2 Å². The highest BCUT2D eigenvalue weighted by Crippen LogP contribution is 2.41. The summed E-state index contributed by atoms with van der Waals surface area (Å²) in [6.45, 7) is 1.33. The molecule has 1 fully saturated rings. The highest BCUT2D eigenvalue weighted by molar-refractivity contribution is 5.95. The largest absolute Gasteiger partial charge is 0.491 e. The van der Waals surface area contributed by atoms with Gasteiger partial charge in [-0.05, 0) is 65.8 Å². The van der Waals surface area contributed by atoms with E-state index in [0.717, 1.165) is 22.4 Å². The number of benzene rings is 3. The van der Waals surface area contributed by atoms with Gasteiger partial charge in [0, 0.05) is 25.1 Å². The number of carbonyl (C=O) groups excluding carboxylic acids is 2. The molecular formula is C30H28N4O3. The van der Waals surface area contributed by atoms with Gasteiger partial charge in [0.25, 0.3) is 11.8 Å². The van der Waals surface area contributed by atoms with Crippen LogP contribution in [0.5, 0.6) is 5.75 Å². The molecule has 0 radical (unpaired) electrons. The number of nitrogens with zero attached hydrogens (tertiary/aromatic N) is 3. The van der Waals surface area contributed by atoms with Gasteiger partial charge in [0.2, 0.25) is 0 Å². The summed E-state index contributed by atoms with van der Waals surface area (Å²) in [6, 6.07) is 21.6. The van der Waals surface area contributed by atoms with E-state index in [1.165, 1.54) is 24.6 Å². The Bertz CT molecular complexity index is 1480. The lowest BCUT2D eigenvalue weighted by Crippen LogP contribution is -2.41. The molecule has 0 atom stereocenters. The average molecular weight is 493 g/mol. The predicted molar refractivity (Wildman–Crippen MR) is 141 cm³/mol. The number of aromatic nitrogens is 2. The molecule has 1 aromatic heterocycles. The fourth-order valence-electron chi connectivity index (χ4n) is 4.80. The van der Waals surface area contributed by atoms with Crippen LogP contribution in [0.3, 0.4) is 0 Å². The molecule has 3 aromatic carbocycles. The summed E-state index contributed by atoms with van der Waals surface area (Å²) >= 11 is 0. The molecule has 0 unspecified atom stereocenters. The van der Waals surface area contributed by atoms with Crippen LogP contribution in [0.4, 0.5) is 0 Å². The molecule has 1 N–H and O–H groups in total. The van der Waals surface area contributed by atoms with E-state index in [9.17, 15) is 9.59 Å². The Hall–Kier alpha value is -4.26. The summed E-state index contributed by atoms with van der Waals surface area (Å²) in [5, 5.41) is 2.95. The lowest BCUT2D eigenvalue weighted by molar-refractivity contribution is 0.0718. The number of amides is 2. The molecule has 0 saturated heterocycles. The Balaban J connectivity index is 1.29. The van der Waals surface area contributed by atoms with Crippen LogP contribution in [-0.2, 0) is 6.42 Å². The monoisotopic (exact) mass is 492 g/mol. The Morgan fingerprint density at radius 2 is 1.84 bits per heavy atom. The van der Waals surface area contributed by atoms with Gasteiger partial charge in [-0.1, -0.05) is 36.4 Å². The zero-order valence-electron chi connectivity index (χ0n) is 20.5. The molecule has 2 heterocycles. The van der Waals surface area contributed by atoms with Gasteiger partial charge < -0.3 is 15.0 Å². The molecule has 37 heavy (non-hydrogen) atoms.